The second kappa shape index (κ2) is 6.55. The van der Waals surface area contributed by atoms with Crippen LogP contribution in [0.2, 0.25) is 0 Å². The quantitative estimate of drug-likeness (QED) is 0.572. The molecule has 2 aromatic heterocycles. The van der Waals surface area contributed by atoms with Gasteiger partial charge in [-0.05, 0) is 34.2 Å². The Hall–Kier alpha value is -2.56. The zero-order valence-corrected chi connectivity index (χ0v) is 16.6. The SMILES string of the molecule is CC(C)(C)Cn1c(=O)c(C(=O)NC2CC2)c(O)n2nc(NC(=O)O)c(Br)c12. The molecule has 4 N–H and O–H groups in total. The van der Waals surface area contributed by atoms with E-state index in [-0.39, 0.29) is 33.9 Å². The highest BCUT2D eigenvalue weighted by Gasteiger charge is 2.31. The number of nitrogens with zero attached hydrogens (tertiary/aromatic N) is 3. The van der Waals surface area contributed by atoms with Crippen LogP contribution in [0, 0.1) is 5.41 Å². The van der Waals surface area contributed by atoms with Crippen molar-refractivity contribution in [2.24, 2.45) is 5.41 Å². The maximum absolute atomic E-state index is 13.1. The van der Waals surface area contributed by atoms with Crippen molar-refractivity contribution in [2.45, 2.75) is 46.2 Å². The lowest BCUT2D eigenvalue weighted by atomic mass is 9.97. The van der Waals surface area contributed by atoms with E-state index in [1.807, 2.05) is 20.8 Å². The van der Waals surface area contributed by atoms with Crippen molar-refractivity contribution in [1.29, 1.82) is 0 Å². The molecule has 0 radical (unpaired) electrons. The molecule has 0 aliphatic heterocycles. The molecule has 2 amide bonds. The Morgan fingerprint density at radius 3 is 2.48 bits per heavy atom. The maximum atomic E-state index is 13.1. The van der Waals surface area contributed by atoms with Gasteiger partial charge in [0.15, 0.2) is 17.0 Å². The molecular weight excluding hydrogens is 422 g/mol. The fourth-order valence-electron chi connectivity index (χ4n) is 2.69. The third kappa shape index (κ3) is 3.77. The Balaban J connectivity index is 2.29. The van der Waals surface area contributed by atoms with Crippen molar-refractivity contribution in [3.05, 3.63) is 20.4 Å². The van der Waals surface area contributed by atoms with Gasteiger partial charge in [0.25, 0.3) is 11.5 Å². The second-order valence-electron chi connectivity index (χ2n) is 7.73. The van der Waals surface area contributed by atoms with Crippen LogP contribution in [0.1, 0.15) is 44.0 Å². The third-order valence-electron chi connectivity index (χ3n) is 3.94. The summed E-state index contributed by atoms with van der Waals surface area (Å²) in [6, 6.07) is -0.00309. The summed E-state index contributed by atoms with van der Waals surface area (Å²) in [6.45, 7) is 5.95. The predicted octanol–water partition coefficient (Wildman–Crippen LogP) is 1.99. The predicted molar refractivity (Wildman–Crippen MR) is 100 cm³/mol. The van der Waals surface area contributed by atoms with Crippen LogP contribution >= 0.6 is 15.9 Å². The number of aromatic hydroxyl groups is 1. The lowest BCUT2D eigenvalue weighted by molar-refractivity contribution is 0.0944. The van der Waals surface area contributed by atoms with Crippen LogP contribution in [0.3, 0.4) is 0 Å². The van der Waals surface area contributed by atoms with E-state index in [1.54, 1.807) is 0 Å². The van der Waals surface area contributed by atoms with E-state index < -0.39 is 29.0 Å². The highest BCUT2D eigenvalue weighted by molar-refractivity contribution is 9.10. The Labute approximate surface area is 162 Å². The minimum Gasteiger partial charge on any atom is -0.492 e. The number of carboxylic acid groups (broad SMARTS) is 1. The fourth-order valence-corrected chi connectivity index (χ4v) is 3.25. The molecule has 0 spiro atoms. The molecule has 3 rings (SSSR count). The molecule has 0 saturated heterocycles. The van der Waals surface area contributed by atoms with E-state index >= 15 is 0 Å². The van der Waals surface area contributed by atoms with Crippen LogP contribution in [-0.4, -0.2) is 42.4 Å². The van der Waals surface area contributed by atoms with Crippen molar-refractivity contribution in [1.82, 2.24) is 19.5 Å². The van der Waals surface area contributed by atoms with Gasteiger partial charge < -0.3 is 15.5 Å². The number of amides is 2. The van der Waals surface area contributed by atoms with Crippen molar-refractivity contribution in [2.75, 3.05) is 5.32 Å². The summed E-state index contributed by atoms with van der Waals surface area (Å²) in [5.74, 6) is -1.42. The van der Waals surface area contributed by atoms with E-state index in [9.17, 15) is 19.5 Å². The number of carbonyl (C=O) groups is 2. The summed E-state index contributed by atoms with van der Waals surface area (Å²) in [7, 11) is 0. The van der Waals surface area contributed by atoms with E-state index in [0.29, 0.717) is 0 Å². The van der Waals surface area contributed by atoms with Gasteiger partial charge in [-0.25, -0.2) is 4.79 Å². The molecule has 11 heteroatoms. The number of nitrogens with one attached hydrogen (secondary N) is 2. The van der Waals surface area contributed by atoms with Gasteiger partial charge in [-0.15, -0.1) is 5.10 Å². The van der Waals surface area contributed by atoms with E-state index in [4.69, 9.17) is 5.11 Å². The van der Waals surface area contributed by atoms with E-state index in [1.165, 1.54) is 4.57 Å². The molecule has 1 aliphatic carbocycles. The highest BCUT2D eigenvalue weighted by atomic mass is 79.9. The molecule has 27 heavy (non-hydrogen) atoms. The molecule has 1 fully saturated rings. The van der Waals surface area contributed by atoms with Crippen LogP contribution < -0.4 is 16.2 Å². The molecule has 146 valence electrons. The molecule has 2 aromatic rings. The standard InChI is InChI=1S/C16H20BrN5O5/c1-16(2,3)6-21-12-9(17)10(19-15(26)27)20-22(12)14(25)8(13(21)24)11(23)18-7-4-5-7/h7,25H,4-6H2,1-3H3,(H,18,23)(H,19,20)(H,26,27). The lowest BCUT2D eigenvalue weighted by Gasteiger charge is -2.21. The Morgan fingerprint density at radius 2 is 1.96 bits per heavy atom. The van der Waals surface area contributed by atoms with E-state index in [0.717, 1.165) is 17.4 Å². The number of hydrogen-bond donors (Lipinski definition) is 4. The van der Waals surface area contributed by atoms with Crippen molar-refractivity contribution in [3.8, 4) is 5.88 Å². The number of aromatic nitrogens is 3. The fraction of sp³-hybridized carbons (Fsp3) is 0.500. The molecule has 0 aromatic carbocycles. The van der Waals surface area contributed by atoms with Gasteiger partial charge in [-0.3, -0.25) is 19.5 Å². The monoisotopic (exact) mass is 441 g/mol. The summed E-state index contributed by atoms with van der Waals surface area (Å²) in [5.41, 5.74) is -1.28. The average Bonchev–Trinajstić information content (AvgIpc) is 3.27. The van der Waals surface area contributed by atoms with Gasteiger partial charge in [0, 0.05) is 12.6 Å². The highest BCUT2D eigenvalue weighted by Crippen LogP contribution is 2.31. The summed E-state index contributed by atoms with van der Waals surface area (Å²) < 4.78 is 2.49. The number of halogens is 1. The maximum Gasteiger partial charge on any atom is 0.410 e. The van der Waals surface area contributed by atoms with Gasteiger partial charge in [0.05, 0.1) is 0 Å². The Bertz CT molecular complexity index is 1000. The van der Waals surface area contributed by atoms with Crippen LogP contribution in [-0.2, 0) is 6.54 Å². The number of anilines is 1. The smallest absolute Gasteiger partial charge is 0.410 e. The first-order valence-corrected chi connectivity index (χ1v) is 9.13. The zero-order valence-electron chi connectivity index (χ0n) is 15.0. The van der Waals surface area contributed by atoms with Gasteiger partial charge >= 0.3 is 6.09 Å². The van der Waals surface area contributed by atoms with Crippen LogP contribution in [0.15, 0.2) is 9.27 Å². The Kier molecular flexibility index (Phi) is 4.66. The van der Waals surface area contributed by atoms with Gasteiger partial charge in [0.1, 0.15) is 4.47 Å². The number of hydrogen-bond acceptors (Lipinski definition) is 5. The topological polar surface area (TPSA) is 138 Å². The number of carbonyl (C=O) groups excluding carboxylic acids is 1. The first-order valence-electron chi connectivity index (χ1n) is 8.34. The van der Waals surface area contributed by atoms with Crippen LogP contribution in [0.4, 0.5) is 10.6 Å². The largest absolute Gasteiger partial charge is 0.492 e. The molecule has 0 unspecified atom stereocenters. The van der Waals surface area contributed by atoms with E-state index in [2.05, 4.69) is 31.7 Å². The molecule has 0 atom stereocenters. The molecule has 10 nitrogen and oxygen atoms in total. The first kappa shape index (κ1) is 19.2. The second-order valence-corrected chi connectivity index (χ2v) is 8.52. The minimum absolute atomic E-state index is 0.00309. The number of rotatable bonds is 4. The van der Waals surface area contributed by atoms with Crippen molar-refractivity contribution < 1.29 is 19.8 Å². The first-order chi connectivity index (χ1) is 12.5. The normalized spacial score (nSPS) is 14.4. The minimum atomic E-state index is -1.35. The van der Waals surface area contributed by atoms with Crippen molar-refractivity contribution in [3.63, 3.8) is 0 Å². The average molecular weight is 442 g/mol. The van der Waals surface area contributed by atoms with Gasteiger partial charge in [-0.2, -0.15) is 4.52 Å². The molecule has 2 heterocycles. The summed E-state index contributed by atoms with van der Waals surface area (Å²) in [6.07, 6.45) is 0.297. The molecule has 0 bridgehead atoms. The summed E-state index contributed by atoms with van der Waals surface area (Å²) >= 11 is 3.24. The van der Waals surface area contributed by atoms with Crippen LogP contribution in [0.25, 0.3) is 5.65 Å². The molecular formula is C16H20BrN5O5. The van der Waals surface area contributed by atoms with Crippen molar-refractivity contribution >= 4 is 39.4 Å². The van der Waals surface area contributed by atoms with Crippen LogP contribution in [0.5, 0.6) is 5.88 Å². The van der Waals surface area contributed by atoms with Gasteiger partial charge in [-0.1, -0.05) is 20.8 Å². The number of fused-ring (bicyclic) bond motifs is 1. The summed E-state index contributed by atoms with van der Waals surface area (Å²) in [4.78, 5) is 36.6. The lowest BCUT2D eigenvalue weighted by Crippen LogP contribution is -2.37. The molecule has 1 saturated carbocycles. The third-order valence-corrected chi connectivity index (χ3v) is 4.67. The summed E-state index contributed by atoms with van der Waals surface area (Å²) in [5, 5.41) is 28.3. The van der Waals surface area contributed by atoms with Gasteiger partial charge in [0.2, 0.25) is 5.88 Å². The Morgan fingerprint density at radius 1 is 1.33 bits per heavy atom. The zero-order chi connectivity index (χ0) is 20.1. The molecule has 1 aliphatic rings.